The first-order valence-electron chi connectivity index (χ1n) is 21.3. The molecule has 1 spiro atoms. The summed E-state index contributed by atoms with van der Waals surface area (Å²) in [7, 11) is 0. The Kier molecular flexibility index (Phi) is 7.75. The smallest absolute Gasteiger partial charge is 0.164 e. The van der Waals surface area contributed by atoms with Crippen LogP contribution in [0.15, 0.2) is 218 Å². The van der Waals surface area contributed by atoms with Crippen LogP contribution >= 0.6 is 0 Å². The topological polar surface area (TPSA) is 52.8 Å². The lowest BCUT2D eigenvalue weighted by Gasteiger charge is -2.39. The highest BCUT2D eigenvalue weighted by molar-refractivity contribution is 6.09. The summed E-state index contributed by atoms with van der Waals surface area (Å²) in [5.74, 6) is 3.62. The summed E-state index contributed by atoms with van der Waals surface area (Å²) in [6.07, 6.45) is 0. The van der Waals surface area contributed by atoms with Gasteiger partial charge < -0.3 is 9.30 Å². The van der Waals surface area contributed by atoms with Crippen molar-refractivity contribution < 1.29 is 4.74 Å². The standard InChI is InChI=1S/C58H36N4O/c1-2-14-38(15-3-1)55-59-56(61-57(60-55)40-30-33-42(34-31-40)62-51-23-11-6-18-45(51)46-19-7-12-24-52(46)62)39-28-26-37(27-29-39)41-32-35-54-50(36-41)58(49-22-10-13-25-53(49)63-54)47-20-8-4-16-43(47)44-17-5-9-21-48(44)58/h1-36H. The number of rotatable bonds is 5. The van der Waals surface area contributed by atoms with Crippen molar-refractivity contribution in [3.8, 4) is 73.6 Å². The summed E-state index contributed by atoms with van der Waals surface area (Å²) in [6, 6.07) is 77.2. The van der Waals surface area contributed by atoms with Crippen LogP contribution in [-0.4, -0.2) is 19.5 Å². The maximum absolute atomic E-state index is 6.69. The normalized spacial score (nSPS) is 13.0. The molecular weight excluding hydrogens is 769 g/mol. The van der Waals surface area contributed by atoms with E-state index >= 15 is 0 Å². The van der Waals surface area contributed by atoms with E-state index in [1.54, 1.807) is 0 Å². The number of hydrogen-bond donors (Lipinski definition) is 0. The van der Waals surface area contributed by atoms with Gasteiger partial charge in [0.2, 0.25) is 0 Å². The van der Waals surface area contributed by atoms with Gasteiger partial charge in [0, 0.05) is 44.3 Å². The highest BCUT2D eigenvalue weighted by atomic mass is 16.5. The summed E-state index contributed by atoms with van der Waals surface area (Å²) in [5.41, 5.74) is 15.2. The van der Waals surface area contributed by atoms with Crippen molar-refractivity contribution in [1.82, 2.24) is 19.5 Å². The molecule has 294 valence electrons. The minimum Gasteiger partial charge on any atom is -0.457 e. The van der Waals surface area contributed by atoms with E-state index in [0.29, 0.717) is 17.5 Å². The minimum atomic E-state index is -0.524. The molecular formula is C58H36N4O. The van der Waals surface area contributed by atoms with Gasteiger partial charge in [0.15, 0.2) is 17.5 Å². The zero-order valence-corrected chi connectivity index (χ0v) is 34.0. The highest BCUT2D eigenvalue weighted by Crippen LogP contribution is 2.62. The molecule has 9 aromatic carbocycles. The van der Waals surface area contributed by atoms with Gasteiger partial charge in [0.25, 0.3) is 0 Å². The fourth-order valence-corrected chi connectivity index (χ4v) is 10.2. The first kappa shape index (κ1) is 35.4. The third-order valence-electron chi connectivity index (χ3n) is 13.0. The van der Waals surface area contributed by atoms with Crippen LogP contribution in [-0.2, 0) is 5.41 Å². The van der Waals surface area contributed by atoms with Crippen molar-refractivity contribution in [3.05, 3.63) is 241 Å². The highest BCUT2D eigenvalue weighted by Gasteiger charge is 2.51. The molecule has 0 amide bonds. The predicted octanol–water partition coefficient (Wildman–Crippen LogP) is 14.1. The summed E-state index contributed by atoms with van der Waals surface area (Å²) in [5, 5.41) is 2.47. The van der Waals surface area contributed by atoms with E-state index in [9.17, 15) is 0 Å². The van der Waals surface area contributed by atoms with Gasteiger partial charge >= 0.3 is 0 Å². The molecule has 3 heterocycles. The number of para-hydroxylation sites is 3. The molecule has 2 aliphatic rings. The summed E-state index contributed by atoms with van der Waals surface area (Å²) < 4.78 is 9.02. The molecule has 63 heavy (non-hydrogen) atoms. The molecule has 2 aromatic heterocycles. The number of nitrogens with zero attached hydrogens (tertiary/aromatic N) is 4. The van der Waals surface area contributed by atoms with Crippen LogP contribution in [0.1, 0.15) is 22.3 Å². The first-order valence-corrected chi connectivity index (χ1v) is 21.3. The van der Waals surface area contributed by atoms with E-state index in [1.165, 1.54) is 44.1 Å². The average molecular weight is 805 g/mol. The van der Waals surface area contributed by atoms with Crippen molar-refractivity contribution >= 4 is 21.8 Å². The number of fused-ring (bicyclic) bond motifs is 12. The van der Waals surface area contributed by atoms with Crippen LogP contribution in [0.2, 0.25) is 0 Å². The molecule has 5 nitrogen and oxygen atoms in total. The average Bonchev–Trinajstić information content (AvgIpc) is 3.85. The Labute approximate surface area is 364 Å². The van der Waals surface area contributed by atoms with Gasteiger partial charge in [-0.3, -0.25) is 0 Å². The van der Waals surface area contributed by atoms with Crippen molar-refractivity contribution in [3.63, 3.8) is 0 Å². The lowest BCUT2D eigenvalue weighted by atomic mass is 9.66. The molecule has 0 atom stereocenters. The van der Waals surface area contributed by atoms with Gasteiger partial charge in [0.1, 0.15) is 11.5 Å². The van der Waals surface area contributed by atoms with Crippen molar-refractivity contribution in [2.75, 3.05) is 0 Å². The lowest BCUT2D eigenvalue weighted by Crippen LogP contribution is -2.32. The number of ether oxygens (including phenoxy) is 1. The second-order valence-corrected chi connectivity index (χ2v) is 16.3. The van der Waals surface area contributed by atoms with E-state index in [1.807, 2.05) is 30.3 Å². The van der Waals surface area contributed by atoms with Crippen LogP contribution in [0.5, 0.6) is 11.5 Å². The van der Waals surface area contributed by atoms with E-state index in [-0.39, 0.29) is 0 Å². The maximum atomic E-state index is 6.69. The van der Waals surface area contributed by atoms with Crippen LogP contribution in [0.3, 0.4) is 0 Å². The molecule has 0 radical (unpaired) electrons. The first-order chi connectivity index (χ1) is 31.2. The molecule has 0 saturated carbocycles. The number of benzene rings is 9. The summed E-state index contributed by atoms with van der Waals surface area (Å²) in [6.45, 7) is 0. The monoisotopic (exact) mass is 804 g/mol. The van der Waals surface area contributed by atoms with Crippen LogP contribution in [0.4, 0.5) is 0 Å². The third kappa shape index (κ3) is 5.33. The van der Waals surface area contributed by atoms with Gasteiger partial charge in [-0.05, 0) is 88.0 Å². The Morgan fingerprint density at radius 2 is 0.778 bits per heavy atom. The largest absolute Gasteiger partial charge is 0.457 e. The summed E-state index contributed by atoms with van der Waals surface area (Å²) >= 11 is 0. The predicted molar refractivity (Wildman–Crippen MR) is 253 cm³/mol. The zero-order valence-electron chi connectivity index (χ0n) is 34.0. The van der Waals surface area contributed by atoms with E-state index in [4.69, 9.17) is 19.7 Å². The molecule has 0 bridgehead atoms. The van der Waals surface area contributed by atoms with Crippen molar-refractivity contribution in [2.45, 2.75) is 5.41 Å². The fourth-order valence-electron chi connectivity index (χ4n) is 10.2. The lowest BCUT2D eigenvalue weighted by molar-refractivity contribution is 0.436. The van der Waals surface area contributed by atoms with E-state index in [0.717, 1.165) is 56.1 Å². The van der Waals surface area contributed by atoms with Crippen LogP contribution in [0.25, 0.3) is 83.9 Å². The van der Waals surface area contributed by atoms with E-state index < -0.39 is 5.41 Å². The quantitative estimate of drug-likeness (QED) is 0.174. The minimum absolute atomic E-state index is 0.524. The molecule has 5 heteroatoms. The Bertz CT molecular complexity index is 3490. The summed E-state index contributed by atoms with van der Waals surface area (Å²) in [4.78, 5) is 15.2. The van der Waals surface area contributed by atoms with E-state index in [2.05, 4.69) is 193 Å². The van der Waals surface area contributed by atoms with Gasteiger partial charge in [-0.1, -0.05) is 164 Å². The van der Waals surface area contributed by atoms with Crippen molar-refractivity contribution in [2.24, 2.45) is 0 Å². The van der Waals surface area contributed by atoms with Crippen LogP contribution < -0.4 is 4.74 Å². The molecule has 0 saturated heterocycles. The maximum Gasteiger partial charge on any atom is 0.164 e. The number of aromatic nitrogens is 4. The van der Waals surface area contributed by atoms with Gasteiger partial charge in [-0.25, -0.2) is 15.0 Å². The molecule has 13 rings (SSSR count). The van der Waals surface area contributed by atoms with Crippen molar-refractivity contribution in [1.29, 1.82) is 0 Å². The van der Waals surface area contributed by atoms with Gasteiger partial charge in [-0.2, -0.15) is 0 Å². The molecule has 11 aromatic rings. The molecule has 0 unspecified atom stereocenters. The Morgan fingerprint density at radius 3 is 1.40 bits per heavy atom. The molecule has 0 N–H and O–H groups in total. The third-order valence-corrected chi connectivity index (χ3v) is 13.0. The number of hydrogen-bond acceptors (Lipinski definition) is 4. The fraction of sp³-hybridized carbons (Fsp3) is 0.0172. The Morgan fingerprint density at radius 1 is 0.333 bits per heavy atom. The SMILES string of the molecule is c1ccc(-c2nc(-c3ccc(-c4ccc5c(c4)C4(c6ccccc6O5)c5ccccc5-c5ccccc54)cc3)nc(-c3ccc(-n4c5ccccc5c5ccccc54)cc3)n2)cc1. The Hall–Kier alpha value is -8.41. The van der Waals surface area contributed by atoms with Crippen LogP contribution in [0, 0.1) is 0 Å². The second-order valence-electron chi connectivity index (χ2n) is 16.3. The van der Waals surface area contributed by atoms with Gasteiger partial charge in [-0.15, -0.1) is 0 Å². The second kappa shape index (κ2) is 13.8. The van der Waals surface area contributed by atoms with Gasteiger partial charge in [0.05, 0.1) is 16.4 Å². The molecule has 0 fully saturated rings. The molecule has 1 aliphatic heterocycles. The molecule has 1 aliphatic carbocycles. The Balaban J connectivity index is 0.899. The zero-order chi connectivity index (χ0) is 41.5.